The second-order valence-electron chi connectivity index (χ2n) is 7.46. The molecule has 160 valence electrons. The molecule has 0 heterocycles. The summed E-state index contributed by atoms with van der Waals surface area (Å²) in [5.41, 5.74) is 1.00. The van der Waals surface area contributed by atoms with Gasteiger partial charge in [-0.25, -0.2) is 8.78 Å². The van der Waals surface area contributed by atoms with Gasteiger partial charge in [-0.1, -0.05) is 56.3 Å². The summed E-state index contributed by atoms with van der Waals surface area (Å²) in [5.74, 6) is -0.992. The molecule has 3 nitrogen and oxygen atoms in total. The van der Waals surface area contributed by atoms with Gasteiger partial charge in [0, 0.05) is 11.6 Å². The monoisotopic (exact) mass is 422 g/mol. The molecule has 31 heavy (non-hydrogen) atoms. The first-order chi connectivity index (χ1) is 14.9. The van der Waals surface area contributed by atoms with Crippen LogP contribution in [-0.4, -0.2) is 5.97 Å². The Morgan fingerprint density at radius 3 is 2.39 bits per heavy atom. The lowest BCUT2D eigenvalue weighted by Crippen LogP contribution is -2.20. The van der Waals surface area contributed by atoms with E-state index in [1.807, 2.05) is 68.4 Å². The number of halogens is 2. The van der Waals surface area contributed by atoms with Crippen LogP contribution in [0.15, 0.2) is 78.9 Å². The highest BCUT2D eigenvalue weighted by Crippen LogP contribution is 2.23. The summed E-state index contributed by atoms with van der Waals surface area (Å²) in [6.45, 7) is 3.85. The van der Waals surface area contributed by atoms with Crippen molar-refractivity contribution in [3.8, 4) is 11.5 Å². The topological polar surface area (TPSA) is 35.5 Å². The minimum absolute atomic E-state index is 0.0555. The predicted molar refractivity (Wildman–Crippen MR) is 116 cm³/mol. The highest BCUT2D eigenvalue weighted by atomic mass is 19.1. The van der Waals surface area contributed by atoms with E-state index < -0.39 is 23.5 Å². The van der Waals surface area contributed by atoms with E-state index in [4.69, 9.17) is 9.47 Å². The van der Waals surface area contributed by atoms with Crippen LogP contribution in [0.25, 0.3) is 6.08 Å². The number of hydrogen-bond donors (Lipinski definition) is 0. The number of rotatable bonds is 8. The Morgan fingerprint density at radius 1 is 0.935 bits per heavy atom. The summed E-state index contributed by atoms with van der Waals surface area (Å²) in [6, 6.07) is 20.0. The van der Waals surface area contributed by atoms with Gasteiger partial charge in [0.1, 0.15) is 29.7 Å². The van der Waals surface area contributed by atoms with Crippen molar-refractivity contribution in [2.75, 3.05) is 0 Å². The van der Waals surface area contributed by atoms with Gasteiger partial charge in [0.05, 0.1) is 5.92 Å². The number of hydrogen-bond acceptors (Lipinski definition) is 3. The van der Waals surface area contributed by atoms with Crippen LogP contribution in [-0.2, 0) is 16.1 Å². The molecule has 0 amide bonds. The van der Waals surface area contributed by atoms with Crippen molar-refractivity contribution in [3.05, 3.63) is 102 Å². The van der Waals surface area contributed by atoms with Gasteiger partial charge in [0.15, 0.2) is 0 Å². The Kier molecular flexibility index (Phi) is 7.55. The van der Waals surface area contributed by atoms with E-state index in [1.165, 1.54) is 18.2 Å². The molecule has 3 rings (SSSR count). The number of carbonyl (C=O) groups is 1. The molecule has 3 aromatic carbocycles. The lowest BCUT2D eigenvalue weighted by Gasteiger charge is -2.16. The third kappa shape index (κ3) is 6.51. The van der Waals surface area contributed by atoms with E-state index in [2.05, 4.69) is 0 Å². The van der Waals surface area contributed by atoms with E-state index in [-0.39, 0.29) is 18.1 Å². The standard InChI is InChI=1S/C26H24F2O3/c1-18(2)24(14-12-20-11-13-21(27)16-25(20)28)26(29)30-17-19-7-6-10-23(15-19)31-22-8-4-3-5-9-22/h3-16,18,24H,17H2,1-2H3/b14-12+. The zero-order valence-corrected chi connectivity index (χ0v) is 17.4. The van der Waals surface area contributed by atoms with Crippen LogP contribution in [0, 0.1) is 23.5 Å². The van der Waals surface area contributed by atoms with Crippen LogP contribution in [0.2, 0.25) is 0 Å². The fraction of sp³-hybridized carbons (Fsp3) is 0.192. The fourth-order valence-electron chi connectivity index (χ4n) is 2.99. The van der Waals surface area contributed by atoms with Crippen LogP contribution < -0.4 is 4.74 Å². The Labute approximate surface area is 180 Å². The molecule has 5 heteroatoms. The van der Waals surface area contributed by atoms with Crippen LogP contribution in [0.5, 0.6) is 11.5 Å². The number of ether oxygens (including phenoxy) is 2. The molecule has 1 atom stereocenters. The third-order valence-corrected chi connectivity index (χ3v) is 4.69. The number of para-hydroxylation sites is 1. The maximum absolute atomic E-state index is 13.8. The summed E-state index contributed by atoms with van der Waals surface area (Å²) in [6.07, 6.45) is 3.08. The molecular formula is C26H24F2O3. The average Bonchev–Trinajstić information content (AvgIpc) is 2.74. The minimum Gasteiger partial charge on any atom is -0.460 e. The van der Waals surface area contributed by atoms with Crippen LogP contribution in [0.1, 0.15) is 25.0 Å². The van der Waals surface area contributed by atoms with Crippen molar-refractivity contribution in [3.63, 3.8) is 0 Å². The second kappa shape index (κ2) is 10.5. The molecule has 3 aromatic rings. The maximum atomic E-state index is 13.8. The summed E-state index contributed by atoms with van der Waals surface area (Å²) in [4.78, 5) is 12.6. The van der Waals surface area contributed by atoms with Crippen molar-refractivity contribution in [1.82, 2.24) is 0 Å². The van der Waals surface area contributed by atoms with Crippen molar-refractivity contribution >= 4 is 12.0 Å². The van der Waals surface area contributed by atoms with E-state index in [0.29, 0.717) is 5.75 Å². The van der Waals surface area contributed by atoms with Gasteiger partial charge in [0.2, 0.25) is 0 Å². The van der Waals surface area contributed by atoms with Crippen molar-refractivity contribution in [1.29, 1.82) is 0 Å². The number of benzene rings is 3. The van der Waals surface area contributed by atoms with Gasteiger partial charge in [-0.3, -0.25) is 4.79 Å². The normalized spacial score (nSPS) is 12.2. The average molecular weight is 422 g/mol. The summed E-state index contributed by atoms with van der Waals surface area (Å²) < 4.78 is 38.2. The maximum Gasteiger partial charge on any atom is 0.313 e. The van der Waals surface area contributed by atoms with E-state index >= 15 is 0 Å². The second-order valence-corrected chi connectivity index (χ2v) is 7.46. The highest BCUT2D eigenvalue weighted by molar-refractivity contribution is 5.76. The molecule has 0 fully saturated rings. The van der Waals surface area contributed by atoms with Gasteiger partial charge in [-0.2, -0.15) is 0 Å². The van der Waals surface area contributed by atoms with Gasteiger partial charge >= 0.3 is 5.97 Å². The molecule has 0 radical (unpaired) electrons. The van der Waals surface area contributed by atoms with Crippen molar-refractivity contribution < 1.29 is 23.0 Å². The molecule has 0 bridgehead atoms. The quantitative estimate of drug-likeness (QED) is 0.375. The van der Waals surface area contributed by atoms with Gasteiger partial charge in [0.25, 0.3) is 0 Å². The van der Waals surface area contributed by atoms with E-state index in [9.17, 15) is 13.6 Å². The molecule has 0 spiro atoms. The first kappa shape index (κ1) is 22.2. The Balaban J connectivity index is 1.63. The highest BCUT2D eigenvalue weighted by Gasteiger charge is 2.21. The smallest absolute Gasteiger partial charge is 0.313 e. The molecule has 0 N–H and O–H groups in total. The summed E-state index contributed by atoms with van der Waals surface area (Å²) in [7, 11) is 0. The molecule has 0 saturated heterocycles. The summed E-state index contributed by atoms with van der Waals surface area (Å²) >= 11 is 0. The third-order valence-electron chi connectivity index (χ3n) is 4.69. The van der Waals surface area contributed by atoms with E-state index in [1.54, 1.807) is 6.08 Å². The number of esters is 1. The van der Waals surface area contributed by atoms with Crippen LogP contribution >= 0.6 is 0 Å². The lowest BCUT2D eigenvalue weighted by atomic mass is 9.94. The first-order valence-corrected chi connectivity index (χ1v) is 10.0. The minimum atomic E-state index is -0.678. The molecule has 0 saturated carbocycles. The van der Waals surface area contributed by atoms with Crippen molar-refractivity contribution in [2.45, 2.75) is 20.5 Å². The lowest BCUT2D eigenvalue weighted by molar-refractivity contribution is -0.149. The molecule has 0 aliphatic carbocycles. The predicted octanol–water partition coefficient (Wildman–Crippen LogP) is 6.79. The number of carbonyl (C=O) groups excluding carboxylic acids is 1. The molecular weight excluding hydrogens is 398 g/mol. The molecule has 0 aromatic heterocycles. The fourth-order valence-corrected chi connectivity index (χ4v) is 2.99. The van der Waals surface area contributed by atoms with Gasteiger partial charge < -0.3 is 9.47 Å². The Hall–Kier alpha value is -3.47. The van der Waals surface area contributed by atoms with Crippen LogP contribution in [0.3, 0.4) is 0 Å². The van der Waals surface area contributed by atoms with E-state index in [0.717, 1.165) is 17.4 Å². The van der Waals surface area contributed by atoms with Crippen molar-refractivity contribution in [2.24, 2.45) is 11.8 Å². The Morgan fingerprint density at radius 2 is 1.68 bits per heavy atom. The zero-order valence-electron chi connectivity index (χ0n) is 17.4. The molecule has 0 aliphatic heterocycles. The van der Waals surface area contributed by atoms with Crippen LogP contribution in [0.4, 0.5) is 8.78 Å². The zero-order chi connectivity index (χ0) is 22.2. The Bertz CT molecular complexity index is 1050. The molecule has 0 aliphatic rings. The first-order valence-electron chi connectivity index (χ1n) is 10.0. The SMILES string of the molecule is CC(C)C(/C=C/c1ccc(F)cc1F)C(=O)OCc1cccc(Oc2ccccc2)c1. The molecule has 1 unspecified atom stereocenters. The largest absolute Gasteiger partial charge is 0.460 e. The summed E-state index contributed by atoms with van der Waals surface area (Å²) in [5, 5.41) is 0. The van der Waals surface area contributed by atoms with Gasteiger partial charge in [-0.15, -0.1) is 0 Å². The van der Waals surface area contributed by atoms with Gasteiger partial charge in [-0.05, 0) is 47.9 Å².